The van der Waals surface area contributed by atoms with Gasteiger partial charge in [-0.3, -0.25) is 19.5 Å². The second-order valence-corrected chi connectivity index (χ2v) is 11.4. The van der Waals surface area contributed by atoms with Gasteiger partial charge in [0.05, 0.1) is 47.1 Å². The monoisotopic (exact) mass is 593 g/mol. The fourth-order valence-electron chi connectivity index (χ4n) is 4.61. The number of fused-ring (bicyclic) bond motifs is 1. The number of hydrogen-bond acceptors (Lipinski definition) is 9. The highest BCUT2D eigenvalue weighted by Crippen LogP contribution is 2.36. The van der Waals surface area contributed by atoms with Crippen molar-refractivity contribution in [2.75, 3.05) is 20.3 Å². The SMILES string of the molecule is CCCCCOc1ccc(C2C(C(=O)OCC(C)C)=C(C)N=c3sc(=Cc4cccc([N+](=O)[O-])c4)c(=O)n32)cc1OC. The van der Waals surface area contributed by atoms with Gasteiger partial charge in [-0.05, 0) is 48.6 Å². The van der Waals surface area contributed by atoms with Crippen LogP contribution in [0.2, 0.25) is 0 Å². The lowest BCUT2D eigenvalue weighted by atomic mass is 9.95. The number of nitro benzene ring substituents is 1. The van der Waals surface area contributed by atoms with Gasteiger partial charge in [0, 0.05) is 12.1 Å². The Kier molecular flexibility index (Phi) is 9.95. The summed E-state index contributed by atoms with van der Waals surface area (Å²) in [5.74, 6) is 0.614. The van der Waals surface area contributed by atoms with Gasteiger partial charge in [-0.25, -0.2) is 9.79 Å². The van der Waals surface area contributed by atoms with Crippen molar-refractivity contribution in [3.05, 3.63) is 94.7 Å². The van der Waals surface area contributed by atoms with Gasteiger partial charge in [0.25, 0.3) is 11.2 Å². The molecule has 0 radical (unpaired) electrons. The predicted molar refractivity (Wildman–Crippen MR) is 161 cm³/mol. The summed E-state index contributed by atoms with van der Waals surface area (Å²) in [7, 11) is 1.54. The summed E-state index contributed by atoms with van der Waals surface area (Å²) >= 11 is 1.15. The molecule has 1 aliphatic heterocycles. The van der Waals surface area contributed by atoms with Crippen molar-refractivity contribution in [2.24, 2.45) is 10.9 Å². The molecule has 0 saturated heterocycles. The molecule has 4 rings (SSSR count). The van der Waals surface area contributed by atoms with Crippen LogP contribution in [0.4, 0.5) is 5.69 Å². The quantitative estimate of drug-likeness (QED) is 0.126. The third-order valence-electron chi connectivity index (χ3n) is 6.68. The minimum atomic E-state index is -0.837. The Morgan fingerprint density at radius 1 is 1.19 bits per heavy atom. The summed E-state index contributed by atoms with van der Waals surface area (Å²) in [6.07, 6.45) is 4.64. The molecule has 2 heterocycles. The maximum absolute atomic E-state index is 13.9. The summed E-state index contributed by atoms with van der Waals surface area (Å²) in [6.45, 7) is 8.49. The molecule has 1 aromatic heterocycles. The molecule has 0 fully saturated rings. The molecule has 0 spiro atoms. The lowest BCUT2D eigenvalue weighted by Crippen LogP contribution is -2.40. The molecule has 11 heteroatoms. The highest BCUT2D eigenvalue weighted by molar-refractivity contribution is 7.07. The Labute approximate surface area is 247 Å². The van der Waals surface area contributed by atoms with Crippen LogP contribution in [0.3, 0.4) is 0 Å². The van der Waals surface area contributed by atoms with Gasteiger partial charge < -0.3 is 14.2 Å². The zero-order chi connectivity index (χ0) is 30.4. The Morgan fingerprint density at radius 3 is 2.67 bits per heavy atom. The highest BCUT2D eigenvalue weighted by Gasteiger charge is 2.34. The van der Waals surface area contributed by atoms with E-state index in [0.29, 0.717) is 44.3 Å². The van der Waals surface area contributed by atoms with Gasteiger partial charge in [0.1, 0.15) is 0 Å². The molecule has 42 heavy (non-hydrogen) atoms. The Hall–Kier alpha value is -4.25. The van der Waals surface area contributed by atoms with E-state index in [2.05, 4.69) is 11.9 Å². The van der Waals surface area contributed by atoms with Crippen LogP contribution >= 0.6 is 11.3 Å². The highest BCUT2D eigenvalue weighted by atomic mass is 32.1. The number of carbonyl (C=O) groups is 1. The van der Waals surface area contributed by atoms with Crippen LogP contribution in [-0.4, -0.2) is 35.8 Å². The first-order valence-electron chi connectivity index (χ1n) is 13.9. The number of benzene rings is 2. The number of ether oxygens (including phenoxy) is 3. The maximum Gasteiger partial charge on any atom is 0.338 e. The van der Waals surface area contributed by atoms with Gasteiger partial charge in [0.2, 0.25) is 0 Å². The molecule has 2 aromatic carbocycles. The van der Waals surface area contributed by atoms with Crippen molar-refractivity contribution < 1.29 is 23.9 Å². The maximum atomic E-state index is 13.9. The van der Waals surface area contributed by atoms with Crippen LogP contribution in [0.1, 0.15) is 64.1 Å². The normalized spacial score (nSPS) is 14.9. The van der Waals surface area contributed by atoms with Crippen LogP contribution in [0.5, 0.6) is 11.5 Å². The molecule has 1 unspecified atom stereocenters. The molecular formula is C31H35N3O7S. The van der Waals surface area contributed by atoms with Crippen LogP contribution in [-0.2, 0) is 9.53 Å². The number of allylic oxidation sites excluding steroid dienone is 1. The van der Waals surface area contributed by atoms with E-state index in [1.54, 1.807) is 44.4 Å². The standard InChI is InChI=1S/C31H35N3O7S/c1-6-7-8-14-40-24-13-12-22(17-25(24)39-5)28-27(30(36)41-18-19(2)3)20(4)32-31-33(28)29(35)26(42-31)16-21-10-9-11-23(15-21)34(37)38/h9-13,15-17,19,28H,6-8,14,18H2,1-5H3. The molecule has 3 aromatic rings. The summed E-state index contributed by atoms with van der Waals surface area (Å²) in [6, 6.07) is 10.6. The zero-order valence-electron chi connectivity index (χ0n) is 24.4. The van der Waals surface area contributed by atoms with E-state index < -0.39 is 16.9 Å². The number of nitrogens with zero attached hydrogens (tertiary/aromatic N) is 3. The number of non-ortho nitro benzene ring substituents is 1. The minimum absolute atomic E-state index is 0.0791. The molecule has 0 amide bonds. The number of carbonyl (C=O) groups excluding carboxylic acids is 1. The van der Waals surface area contributed by atoms with Crippen molar-refractivity contribution in [1.82, 2.24) is 4.57 Å². The lowest BCUT2D eigenvalue weighted by molar-refractivity contribution is -0.384. The first kappa shape index (κ1) is 30.7. The van der Waals surface area contributed by atoms with Gasteiger partial charge in [0.15, 0.2) is 16.3 Å². The largest absolute Gasteiger partial charge is 0.493 e. The fourth-order valence-corrected chi connectivity index (χ4v) is 5.65. The summed E-state index contributed by atoms with van der Waals surface area (Å²) in [5, 5.41) is 11.3. The van der Waals surface area contributed by atoms with E-state index in [4.69, 9.17) is 14.2 Å². The van der Waals surface area contributed by atoms with Crippen LogP contribution in [0.25, 0.3) is 6.08 Å². The van der Waals surface area contributed by atoms with E-state index in [1.165, 1.54) is 16.7 Å². The van der Waals surface area contributed by atoms with Gasteiger partial charge in [-0.1, -0.05) is 63.1 Å². The van der Waals surface area contributed by atoms with Crippen molar-refractivity contribution in [3.63, 3.8) is 0 Å². The van der Waals surface area contributed by atoms with Crippen LogP contribution in [0.15, 0.2) is 63.5 Å². The third kappa shape index (κ3) is 6.79. The first-order valence-corrected chi connectivity index (χ1v) is 14.7. The summed E-state index contributed by atoms with van der Waals surface area (Å²) in [5.41, 5.74) is 1.37. The van der Waals surface area contributed by atoms with Crippen molar-refractivity contribution >= 4 is 29.1 Å². The number of thiazole rings is 1. The molecular weight excluding hydrogens is 558 g/mol. The predicted octanol–water partition coefficient (Wildman–Crippen LogP) is 4.92. The Bertz CT molecular complexity index is 1690. The summed E-state index contributed by atoms with van der Waals surface area (Å²) in [4.78, 5) is 43.2. The molecule has 0 bridgehead atoms. The third-order valence-corrected chi connectivity index (χ3v) is 7.66. The van der Waals surface area contributed by atoms with Gasteiger partial charge >= 0.3 is 5.97 Å². The van der Waals surface area contributed by atoms with E-state index in [1.807, 2.05) is 19.9 Å². The number of methoxy groups -OCH3 is 1. The molecule has 0 aliphatic carbocycles. The smallest absolute Gasteiger partial charge is 0.338 e. The van der Waals surface area contributed by atoms with Gasteiger partial charge in [-0.15, -0.1) is 0 Å². The van der Waals surface area contributed by atoms with Gasteiger partial charge in [-0.2, -0.15) is 0 Å². The molecule has 222 valence electrons. The van der Waals surface area contributed by atoms with Crippen molar-refractivity contribution in [3.8, 4) is 11.5 Å². The van der Waals surface area contributed by atoms with E-state index in [9.17, 15) is 19.7 Å². The van der Waals surface area contributed by atoms with Crippen LogP contribution < -0.4 is 24.4 Å². The first-order chi connectivity index (χ1) is 20.1. The number of rotatable bonds is 12. The topological polar surface area (TPSA) is 122 Å². The molecule has 0 N–H and O–H groups in total. The number of aromatic nitrogens is 1. The average molecular weight is 594 g/mol. The van der Waals surface area contributed by atoms with E-state index in [-0.39, 0.29) is 29.3 Å². The fraction of sp³-hybridized carbons (Fsp3) is 0.387. The number of hydrogen-bond donors (Lipinski definition) is 0. The van der Waals surface area contributed by atoms with E-state index >= 15 is 0 Å². The number of unbranched alkanes of at least 4 members (excludes halogenated alkanes) is 2. The number of nitro groups is 1. The second kappa shape index (κ2) is 13.6. The molecule has 1 aliphatic rings. The Balaban J connectivity index is 1.85. The van der Waals surface area contributed by atoms with E-state index in [0.717, 1.165) is 30.6 Å². The Morgan fingerprint density at radius 2 is 1.98 bits per heavy atom. The molecule has 1 atom stereocenters. The average Bonchev–Trinajstić information content (AvgIpc) is 3.27. The second-order valence-electron chi connectivity index (χ2n) is 10.4. The number of esters is 1. The van der Waals surface area contributed by atoms with Crippen molar-refractivity contribution in [1.29, 1.82) is 0 Å². The van der Waals surface area contributed by atoms with Crippen LogP contribution in [0, 0.1) is 16.0 Å². The molecule has 10 nitrogen and oxygen atoms in total. The van der Waals surface area contributed by atoms with Crippen molar-refractivity contribution in [2.45, 2.75) is 53.0 Å². The summed E-state index contributed by atoms with van der Waals surface area (Å²) < 4.78 is 19.0. The lowest BCUT2D eigenvalue weighted by Gasteiger charge is -2.25. The zero-order valence-corrected chi connectivity index (χ0v) is 25.2. The minimum Gasteiger partial charge on any atom is -0.493 e. The molecule has 0 saturated carbocycles.